The standard InChI is InChI=1S/C28H37N3O4/c1-4-12-26(33)34-21-24(32)19-31(17-5-2)20-25-27(23-15-10-7-11-16-23)29-35-28(25)30(3)18-22-13-8-6-9-14-22/h6-11,13-16,24,32H,4-5,12,17-21H2,1-3H3. The second kappa shape index (κ2) is 13.7. The van der Waals surface area contributed by atoms with Crippen molar-refractivity contribution in [2.24, 2.45) is 0 Å². The predicted octanol–water partition coefficient (Wildman–Crippen LogP) is 4.89. The number of aliphatic hydroxyl groups excluding tert-OH is 1. The van der Waals surface area contributed by atoms with Crippen LogP contribution in [0.3, 0.4) is 0 Å². The molecule has 1 atom stereocenters. The molecule has 1 aromatic heterocycles. The summed E-state index contributed by atoms with van der Waals surface area (Å²) in [6.45, 7) is 6.42. The highest BCUT2D eigenvalue weighted by Gasteiger charge is 2.24. The number of esters is 1. The van der Waals surface area contributed by atoms with Gasteiger partial charge in [0.05, 0.1) is 5.56 Å². The monoisotopic (exact) mass is 479 g/mol. The number of ether oxygens (including phenoxy) is 1. The average molecular weight is 480 g/mol. The summed E-state index contributed by atoms with van der Waals surface area (Å²) < 4.78 is 11.1. The van der Waals surface area contributed by atoms with Crippen LogP contribution in [0.25, 0.3) is 11.3 Å². The summed E-state index contributed by atoms with van der Waals surface area (Å²) in [5.74, 6) is 0.432. The molecule has 0 saturated carbocycles. The van der Waals surface area contributed by atoms with E-state index >= 15 is 0 Å². The van der Waals surface area contributed by atoms with Crippen LogP contribution in [0, 0.1) is 0 Å². The molecule has 0 aliphatic carbocycles. The SMILES string of the molecule is CCCC(=O)OCC(O)CN(CCC)Cc1c(-c2ccccc2)noc1N(C)Cc1ccccc1. The summed E-state index contributed by atoms with van der Waals surface area (Å²) in [6.07, 6.45) is 1.24. The van der Waals surface area contributed by atoms with Crippen LogP contribution < -0.4 is 4.90 Å². The van der Waals surface area contributed by atoms with Gasteiger partial charge in [0.2, 0.25) is 5.88 Å². The summed E-state index contributed by atoms with van der Waals surface area (Å²) in [6, 6.07) is 20.2. The van der Waals surface area contributed by atoms with Crippen molar-refractivity contribution in [1.82, 2.24) is 10.1 Å². The molecule has 1 N–H and O–H groups in total. The van der Waals surface area contributed by atoms with Crippen molar-refractivity contribution in [3.8, 4) is 11.3 Å². The van der Waals surface area contributed by atoms with E-state index in [1.54, 1.807) is 0 Å². The lowest BCUT2D eigenvalue weighted by Crippen LogP contribution is -2.36. The van der Waals surface area contributed by atoms with Gasteiger partial charge in [-0.1, -0.05) is 79.7 Å². The molecule has 0 bridgehead atoms. The zero-order chi connectivity index (χ0) is 25.0. The van der Waals surface area contributed by atoms with E-state index in [0.717, 1.165) is 36.2 Å². The second-order valence-corrected chi connectivity index (χ2v) is 8.84. The normalized spacial score (nSPS) is 12.0. The molecule has 0 fully saturated rings. The van der Waals surface area contributed by atoms with Gasteiger partial charge in [0.25, 0.3) is 0 Å². The Morgan fingerprint density at radius 2 is 1.71 bits per heavy atom. The zero-order valence-corrected chi connectivity index (χ0v) is 21.0. The Morgan fingerprint density at radius 3 is 2.37 bits per heavy atom. The highest BCUT2D eigenvalue weighted by atomic mass is 16.5. The molecule has 0 aliphatic heterocycles. The van der Waals surface area contributed by atoms with Crippen LogP contribution in [-0.2, 0) is 22.6 Å². The van der Waals surface area contributed by atoms with E-state index in [1.165, 1.54) is 5.56 Å². The van der Waals surface area contributed by atoms with E-state index in [-0.39, 0.29) is 12.6 Å². The van der Waals surface area contributed by atoms with Gasteiger partial charge in [-0.2, -0.15) is 0 Å². The topological polar surface area (TPSA) is 79.0 Å². The van der Waals surface area contributed by atoms with Crippen molar-refractivity contribution in [1.29, 1.82) is 0 Å². The lowest BCUT2D eigenvalue weighted by molar-refractivity contribution is -0.147. The van der Waals surface area contributed by atoms with Crippen molar-refractivity contribution in [2.45, 2.75) is 52.3 Å². The van der Waals surface area contributed by atoms with Gasteiger partial charge in [-0.05, 0) is 24.9 Å². The van der Waals surface area contributed by atoms with Crippen LogP contribution in [0.2, 0.25) is 0 Å². The first-order chi connectivity index (χ1) is 17.0. The molecule has 0 radical (unpaired) electrons. The van der Waals surface area contributed by atoms with Crippen molar-refractivity contribution < 1.29 is 19.2 Å². The van der Waals surface area contributed by atoms with E-state index in [0.29, 0.717) is 31.9 Å². The number of hydrogen-bond acceptors (Lipinski definition) is 7. The van der Waals surface area contributed by atoms with Gasteiger partial charge in [0.15, 0.2) is 0 Å². The third-order valence-corrected chi connectivity index (χ3v) is 5.71. The lowest BCUT2D eigenvalue weighted by atomic mass is 10.1. The third-order valence-electron chi connectivity index (χ3n) is 5.71. The molecule has 0 aliphatic rings. The van der Waals surface area contributed by atoms with Crippen molar-refractivity contribution in [3.05, 3.63) is 71.8 Å². The Labute approximate surface area is 208 Å². The van der Waals surface area contributed by atoms with Crippen molar-refractivity contribution in [3.63, 3.8) is 0 Å². The summed E-state index contributed by atoms with van der Waals surface area (Å²) in [5.41, 5.74) is 3.92. The number of hydrogen-bond donors (Lipinski definition) is 1. The quantitative estimate of drug-likeness (QED) is 0.330. The maximum absolute atomic E-state index is 11.7. The number of nitrogens with zero attached hydrogens (tertiary/aromatic N) is 3. The largest absolute Gasteiger partial charge is 0.463 e. The number of aliphatic hydroxyl groups is 1. The fourth-order valence-corrected chi connectivity index (χ4v) is 4.09. The van der Waals surface area contributed by atoms with Crippen molar-refractivity contribution >= 4 is 11.9 Å². The Balaban J connectivity index is 1.82. The van der Waals surface area contributed by atoms with Crippen LogP contribution in [0.15, 0.2) is 65.2 Å². The first-order valence-corrected chi connectivity index (χ1v) is 12.4. The molecule has 3 rings (SSSR count). The van der Waals surface area contributed by atoms with Crippen LogP contribution in [-0.4, -0.2) is 54.0 Å². The molecule has 7 nitrogen and oxygen atoms in total. The van der Waals surface area contributed by atoms with E-state index in [9.17, 15) is 9.90 Å². The Hall–Kier alpha value is -3.16. The summed E-state index contributed by atoms with van der Waals surface area (Å²) in [7, 11) is 2.00. The molecule has 2 aromatic carbocycles. The number of rotatable bonds is 14. The smallest absolute Gasteiger partial charge is 0.305 e. The van der Waals surface area contributed by atoms with Gasteiger partial charge >= 0.3 is 5.97 Å². The molecule has 0 spiro atoms. The molecular formula is C28H37N3O4. The third kappa shape index (κ3) is 7.94. The minimum atomic E-state index is -0.770. The van der Waals surface area contributed by atoms with Gasteiger partial charge < -0.3 is 19.3 Å². The molecule has 3 aromatic rings. The fourth-order valence-electron chi connectivity index (χ4n) is 4.09. The van der Waals surface area contributed by atoms with Gasteiger partial charge in [0, 0.05) is 38.7 Å². The Kier molecular flexibility index (Phi) is 10.3. The molecule has 35 heavy (non-hydrogen) atoms. The zero-order valence-electron chi connectivity index (χ0n) is 21.0. The van der Waals surface area contributed by atoms with Crippen LogP contribution in [0.4, 0.5) is 5.88 Å². The average Bonchev–Trinajstić information content (AvgIpc) is 3.28. The number of carbonyl (C=O) groups is 1. The van der Waals surface area contributed by atoms with Gasteiger partial charge in [0.1, 0.15) is 18.4 Å². The van der Waals surface area contributed by atoms with Gasteiger partial charge in [-0.25, -0.2) is 0 Å². The van der Waals surface area contributed by atoms with Crippen LogP contribution in [0.5, 0.6) is 0 Å². The number of benzene rings is 2. The number of aromatic nitrogens is 1. The van der Waals surface area contributed by atoms with Gasteiger partial charge in [-0.3, -0.25) is 9.69 Å². The van der Waals surface area contributed by atoms with Crippen LogP contribution in [0.1, 0.15) is 44.2 Å². The lowest BCUT2D eigenvalue weighted by Gasteiger charge is -2.26. The highest BCUT2D eigenvalue weighted by molar-refractivity contribution is 5.69. The molecule has 0 saturated heterocycles. The van der Waals surface area contributed by atoms with Crippen LogP contribution >= 0.6 is 0 Å². The first-order valence-electron chi connectivity index (χ1n) is 12.4. The Morgan fingerprint density at radius 1 is 1.03 bits per heavy atom. The maximum Gasteiger partial charge on any atom is 0.305 e. The number of carbonyl (C=O) groups excluding carboxylic acids is 1. The molecule has 7 heteroatoms. The molecular weight excluding hydrogens is 442 g/mol. The molecule has 188 valence electrons. The fraction of sp³-hybridized carbons (Fsp3) is 0.429. The minimum absolute atomic E-state index is 0.00497. The molecule has 1 unspecified atom stereocenters. The maximum atomic E-state index is 11.7. The first kappa shape index (κ1) is 26.4. The summed E-state index contributed by atoms with van der Waals surface area (Å²) >= 11 is 0. The molecule has 1 heterocycles. The number of anilines is 1. The van der Waals surface area contributed by atoms with E-state index < -0.39 is 6.10 Å². The highest BCUT2D eigenvalue weighted by Crippen LogP contribution is 2.32. The summed E-state index contributed by atoms with van der Waals surface area (Å²) in [5, 5.41) is 15.0. The van der Waals surface area contributed by atoms with E-state index in [4.69, 9.17) is 9.26 Å². The Bertz CT molecular complexity index is 1020. The molecule has 0 amide bonds. The second-order valence-electron chi connectivity index (χ2n) is 8.84. The summed E-state index contributed by atoms with van der Waals surface area (Å²) in [4.78, 5) is 15.9. The van der Waals surface area contributed by atoms with E-state index in [1.807, 2.05) is 62.5 Å². The van der Waals surface area contributed by atoms with Gasteiger partial charge in [-0.15, -0.1) is 0 Å². The minimum Gasteiger partial charge on any atom is -0.463 e. The van der Waals surface area contributed by atoms with Crippen molar-refractivity contribution in [2.75, 3.05) is 31.6 Å². The predicted molar refractivity (Wildman–Crippen MR) is 138 cm³/mol. The van der Waals surface area contributed by atoms with E-state index in [2.05, 4.69) is 34.0 Å².